The predicted molar refractivity (Wildman–Crippen MR) is 97.5 cm³/mol. The highest BCUT2D eigenvalue weighted by Crippen LogP contribution is 2.36. The molecule has 1 aliphatic heterocycles. The molecule has 2 amide bonds. The van der Waals surface area contributed by atoms with Crippen LogP contribution in [0, 0.1) is 0 Å². The molecule has 148 valence electrons. The summed E-state index contributed by atoms with van der Waals surface area (Å²) in [6.07, 6.45) is -3.02. The van der Waals surface area contributed by atoms with E-state index < -0.39 is 22.7 Å². The van der Waals surface area contributed by atoms with E-state index in [1.165, 1.54) is 6.07 Å². The van der Waals surface area contributed by atoms with E-state index in [-0.39, 0.29) is 18.1 Å². The van der Waals surface area contributed by atoms with E-state index in [0.717, 1.165) is 17.7 Å². The zero-order chi connectivity index (χ0) is 20.2. The Balaban J connectivity index is 1.89. The number of carbonyl (C=O) groups is 2. The minimum absolute atomic E-state index is 0.0362. The van der Waals surface area contributed by atoms with Gasteiger partial charge in [0.15, 0.2) is 0 Å². The van der Waals surface area contributed by atoms with Gasteiger partial charge in [-0.25, -0.2) is 0 Å². The Hall–Kier alpha value is -2.06. The largest absolute Gasteiger partial charge is 0.417 e. The lowest BCUT2D eigenvalue weighted by Crippen LogP contribution is -2.50. The summed E-state index contributed by atoms with van der Waals surface area (Å²) in [5.74, 6) is -0.477. The first-order valence-electron chi connectivity index (χ1n) is 8.39. The van der Waals surface area contributed by atoms with Crippen molar-refractivity contribution in [2.45, 2.75) is 20.0 Å². The monoisotopic (exact) mass is 403 g/mol. The molecule has 1 saturated heterocycles. The number of nitrogens with one attached hydrogen (secondary N) is 1. The first kappa shape index (κ1) is 21.2. The summed E-state index contributed by atoms with van der Waals surface area (Å²) in [6.45, 7) is 5.76. The van der Waals surface area contributed by atoms with Crippen molar-refractivity contribution in [2.75, 3.05) is 38.0 Å². The number of hydrogen-bond acceptors (Lipinski definition) is 3. The zero-order valence-corrected chi connectivity index (χ0v) is 15.8. The molecule has 9 heteroatoms. The zero-order valence-electron chi connectivity index (χ0n) is 15.1. The molecule has 5 nitrogen and oxygen atoms in total. The van der Waals surface area contributed by atoms with Crippen molar-refractivity contribution in [1.29, 1.82) is 0 Å². The van der Waals surface area contributed by atoms with Gasteiger partial charge in [0.05, 0.1) is 17.1 Å². The van der Waals surface area contributed by atoms with Crippen molar-refractivity contribution in [3.63, 3.8) is 0 Å². The van der Waals surface area contributed by atoms with Gasteiger partial charge in [0.2, 0.25) is 11.8 Å². The third-order valence-corrected chi connectivity index (χ3v) is 4.35. The molecule has 0 atom stereocenters. The molecular weight excluding hydrogens is 383 g/mol. The summed E-state index contributed by atoms with van der Waals surface area (Å²) >= 11 is 5.57. The van der Waals surface area contributed by atoms with Crippen LogP contribution >= 0.6 is 11.6 Å². The molecule has 1 aliphatic rings. The molecule has 0 spiro atoms. The number of allylic oxidation sites excluding steroid dienone is 1. The van der Waals surface area contributed by atoms with E-state index >= 15 is 0 Å². The van der Waals surface area contributed by atoms with E-state index in [1.807, 2.05) is 18.7 Å². The lowest BCUT2D eigenvalue weighted by molar-refractivity contribution is -0.137. The van der Waals surface area contributed by atoms with E-state index in [2.05, 4.69) is 5.32 Å². The van der Waals surface area contributed by atoms with Gasteiger partial charge >= 0.3 is 6.18 Å². The molecule has 0 aliphatic carbocycles. The molecule has 1 aromatic rings. The van der Waals surface area contributed by atoms with Gasteiger partial charge in [0, 0.05) is 37.9 Å². The van der Waals surface area contributed by atoms with Crippen molar-refractivity contribution >= 4 is 29.1 Å². The number of halogens is 4. The number of carbonyl (C=O) groups excluding carboxylic acids is 2. The van der Waals surface area contributed by atoms with Gasteiger partial charge in [0.25, 0.3) is 0 Å². The maximum Gasteiger partial charge on any atom is 0.417 e. The standard InChI is InChI=1S/C18H21ClF3N3O2/c1-12(2)9-17(27)25-7-5-24(6-8-25)11-16(26)23-13-3-4-15(19)14(10-13)18(20,21)22/h3-4,9-10H,5-8,11H2,1-2H3,(H,23,26). The average molecular weight is 404 g/mol. The van der Waals surface area contributed by atoms with Crippen molar-refractivity contribution in [2.24, 2.45) is 0 Å². The number of rotatable bonds is 4. The predicted octanol–water partition coefficient (Wildman–Crippen LogP) is 3.41. The molecule has 1 fully saturated rings. The second-order valence-electron chi connectivity index (χ2n) is 6.56. The minimum Gasteiger partial charge on any atom is -0.337 e. The first-order chi connectivity index (χ1) is 12.6. The van der Waals surface area contributed by atoms with Crippen LogP contribution in [-0.2, 0) is 15.8 Å². The Morgan fingerprint density at radius 3 is 2.37 bits per heavy atom. The van der Waals surface area contributed by atoms with Crippen LogP contribution in [0.5, 0.6) is 0 Å². The smallest absolute Gasteiger partial charge is 0.337 e. The second kappa shape index (κ2) is 8.75. The van der Waals surface area contributed by atoms with Gasteiger partial charge in [0.1, 0.15) is 0 Å². The molecule has 0 unspecified atom stereocenters. The third-order valence-electron chi connectivity index (χ3n) is 4.02. The Morgan fingerprint density at radius 2 is 1.81 bits per heavy atom. The third kappa shape index (κ3) is 6.25. The maximum atomic E-state index is 12.9. The van der Waals surface area contributed by atoms with Crippen LogP contribution in [-0.4, -0.2) is 54.3 Å². The van der Waals surface area contributed by atoms with Gasteiger partial charge in [-0.3, -0.25) is 14.5 Å². The fourth-order valence-electron chi connectivity index (χ4n) is 2.69. The van der Waals surface area contributed by atoms with E-state index in [1.54, 1.807) is 11.0 Å². The summed E-state index contributed by atoms with van der Waals surface area (Å²) < 4.78 is 38.6. The normalized spacial score (nSPS) is 15.4. The maximum absolute atomic E-state index is 12.9. The Bertz CT molecular complexity index is 738. The number of nitrogens with zero attached hydrogens (tertiary/aromatic N) is 2. The molecule has 27 heavy (non-hydrogen) atoms. The van der Waals surface area contributed by atoms with Crippen LogP contribution in [0.4, 0.5) is 18.9 Å². The van der Waals surface area contributed by atoms with Crippen molar-refractivity contribution < 1.29 is 22.8 Å². The van der Waals surface area contributed by atoms with Crippen LogP contribution in [0.15, 0.2) is 29.8 Å². The van der Waals surface area contributed by atoms with E-state index in [9.17, 15) is 22.8 Å². The average Bonchev–Trinajstić information content (AvgIpc) is 2.55. The first-order valence-corrected chi connectivity index (χ1v) is 8.77. The highest BCUT2D eigenvalue weighted by atomic mass is 35.5. The summed E-state index contributed by atoms with van der Waals surface area (Å²) in [6, 6.07) is 3.25. The lowest BCUT2D eigenvalue weighted by Gasteiger charge is -2.33. The highest BCUT2D eigenvalue weighted by molar-refractivity contribution is 6.31. The second-order valence-corrected chi connectivity index (χ2v) is 6.97. The summed E-state index contributed by atoms with van der Waals surface area (Å²) in [4.78, 5) is 27.7. The summed E-state index contributed by atoms with van der Waals surface area (Å²) in [7, 11) is 0. The van der Waals surface area contributed by atoms with Crippen LogP contribution in [0.1, 0.15) is 19.4 Å². The number of alkyl halides is 3. The number of anilines is 1. The fourth-order valence-corrected chi connectivity index (χ4v) is 2.91. The molecule has 1 aromatic carbocycles. The van der Waals surface area contributed by atoms with Crippen molar-refractivity contribution in [3.8, 4) is 0 Å². The topological polar surface area (TPSA) is 52.7 Å². The van der Waals surface area contributed by atoms with Gasteiger partial charge in [-0.05, 0) is 32.0 Å². The van der Waals surface area contributed by atoms with Gasteiger partial charge in [-0.15, -0.1) is 0 Å². The highest BCUT2D eigenvalue weighted by Gasteiger charge is 2.33. The van der Waals surface area contributed by atoms with Gasteiger partial charge < -0.3 is 10.2 Å². The molecule has 0 saturated carbocycles. The molecule has 0 bridgehead atoms. The van der Waals surface area contributed by atoms with Gasteiger partial charge in [-0.2, -0.15) is 13.2 Å². The minimum atomic E-state index is -4.59. The van der Waals surface area contributed by atoms with Crippen LogP contribution in [0.3, 0.4) is 0 Å². The molecular formula is C18H21ClF3N3O2. The van der Waals surface area contributed by atoms with Crippen LogP contribution < -0.4 is 5.32 Å². The fraction of sp³-hybridized carbons (Fsp3) is 0.444. The summed E-state index contributed by atoms with van der Waals surface area (Å²) in [5, 5.41) is 2.04. The number of hydrogen-bond donors (Lipinski definition) is 1. The lowest BCUT2D eigenvalue weighted by atomic mass is 10.2. The molecule has 1 N–H and O–H groups in total. The Kier molecular flexibility index (Phi) is 6.89. The van der Waals surface area contributed by atoms with Crippen molar-refractivity contribution in [1.82, 2.24) is 9.80 Å². The molecule has 0 aromatic heterocycles. The molecule has 2 rings (SSSR count). The number of amides is 2. The molecule has 0 radical (unpaired) electrons. The Morgan fingerprint density at radius 1 is 1.19 bits per heavy atom. The quantitative estimate of drug-likeness (QED) is 0.784. The van der Waals surface area contributed by atoms with E-state index in [0.29, 0.717) is 26.2 Å². The van der Waals surface area contributed by atoms with Crippen LogP contribution in [0.2, 0.25) is 5.02 Å². The Labute approximate surface area is 160 Å². The number of piperazine rings is 1. The summed E-state index contributed by atoms with van der Waals surface area (Å²) in [5.41, 5.74) is -0.0366. The van der Waals surface area contributed by atoms with E-state index in [4.69, 9.17) is 11.6 Å². The number of benzene rings is 1. The SMILES string of the molecule is CC(C)=CC(=O)N1CCN(CC(=O)Nc2ccc(Cl)c(C(F)(F)F)c2)CC1. The van der Waals surface area contributed by atoms with Crippen LogP contribution in [0.25, 0.3) is 0 Å². The molecule has 1 heterocycles. The van der Waals surface area contributed by atoms with Crippen molar-refractivity contribution in [3.05, 3.63) is 40.4 Å². The van der Waals surface area contributed by atoms with Gasteiger partial charge in [-0.1, -0.05) is 17.2 Å².